The van der Waals surface area contributed by atoms with Crippen LogP contribution in [0.4, 0.5) is 0 Å². The highest BCUT2D eigenvalue weighted by Crippen LogP contribution is 2.22. The molecule has 1 fully saturated rings. The van der Waals surface area contributed by atoms with Crippen molar-refractivity contribution in [3.05, 3.63) is 29.3 Å². The van der Waals surface area contributed by atoms with Crippen molar-refractivity contribution in [2.24, 2.45) is 5.92 Å². The van der Waals surface area contributed by atoms with Crippen LogP contribution in [0.2, 0.25) is 0 Å². The lowest BCUT2D eigenvalue weighted by Gasteiger charge is -2.27. The van der Waals surface area contributed by atoms with E-state index >= 15 is 0 Å². The molecule has 2 nitrogen and oxygen atoms in total. The van der Waals surface area contributed by atoms with E-state index in [4.69, 9.17) is 4.74 Å². The molecule has 1 aromatic carbocycles. The molecule has 1 aliphatic heterocycles. The molecule has 1 saturated heterocycles. The predicted octanol–water partition coefficient (Wildman–Crippen LogP) is 3.20. The maximum Gasteiger partial charge on any atom is 0.119 e. The average molecular weight is 290 g/mol. The Morgan fingerprint density at radius 2 is 1.90 bits per heavy atom. The zero-order valence-electron chi connectivity index (χ0n) is 14.2. The first-order valence-corrected chi connectivity index (χ1v) is 8.62. The monoisotopic (exact) mass is 290 g/mol. The molecule has 0 aromatic heterocycles. The Balaban J connectivity index is 1.73. The Labute approximate surface area is 130 Å². The molecule has 2 rings (SSSR count). The summed E-state index contributed by atoms with van der Waals surface area (Å²) in [6.07, 6.45) is 3.95. The second-order valence-electron chi connectivity index (χ2n) is 7.12. The van der Waals surface area contributed by atoms with E-state index < -0.39 is 0 Å². The van der Waals surface area contributed by atoms with Gasteiger partial charge in [-0.25, -0.2) is 0 Å². The first-order chi connectivity index (χ1) is 10.0. The van der Waals surface area contributed by atoms with Crippen LogP contribution in [0.5, 0.6) is 5.75 Å². The van der Waals surface area contributed by atoms with Crippen LogP contribution in [0.3, 0.4) is 0 Å². The van der Waals surface area contributed by atoms with E-state index in [0.29, 0.717) is 5.92 Å². The van der Waals surface area contributed by atoms with Crippen molar-refractivity contribution in [1.29, 1.82) is 0 Å². The number of quaternary nitrogens is 1. The molecule has 0 radical (unpaired) electrons. The number of rotatable bonds is 6. The largest absolute Gasteiger partial charge is 0.493 e. The normalized spacial score (nSPS) is 22.5. The van der Waals surface area contributed by atoms with E-state index in [-0.39, 0.29) is 0 Å². The van der Waals surface area contributed by atoms with E-state index in [2.05, 4.69) is 45.9 Å². The van der Waals surface area contributed by atoms with Crippen LogP contribution in [-0.2, 0) is 0 Å². The minimum Gasteiger partial charge on any atom is -0.493 e. The Hall–Kier alpha value is -1.02. The molecule has 0 amide bonds. The molecular formula is C19H32NO+. The highest BCUT2D eigenvalue weighted by molar-refractivity contribution is 5.35. The number of aryl methyl sites for hydroxylation is 1. The second kappa shape index (κ2) is 7.84. The SMILES string of the molecule is Cc1cc(OCCC[NH+]2CCC(C)CC2)cc(C(C)C)c1. The van der Waals surface area contributed by atoms with Crippen molar-refractivity contribution in [3.63, 3.8) is 0 Å². The summed E-state index contributed by atoms with van der Waals surface area (Å²) < 4.78 is 5.98. The van der Waals surface area contributed by atoms with Crippen molar-refractivity contribution in [1.82, 2.24) is 0 Å². The summed E-state index contributed by atoms with van der Waals surface area (Å²) in [6, 6.07) is 6.62. The molecule has 0 atom stereocenters. The van der Waals surface area contributed by atoms with Crippen LogP contribution in [0, 0.1) is 12.8 Å². The van der Waals surface area contributed by atoms with E-state index in [0.717, 1.165) is 24.7 Å². The summed E-state index contributed by atoms with van der Waals surface area (Å²) in [7, 11) is 0. The number of likely N-dealkylation sites (tertiary alicyclic amines) is 1. The topological polar surface area (TPSA) is 13.7 Å². The Kier molecular flexibility index (Phi) is 6.10. The van der Waals surface area contributed by atoms with Gasteiger partial charge in [-0.1, -0.05) is 26.8 Å². The number of hydrogen-bond acceptors (Lipinski definition) is 1. The molecule has 1 aliphatic rings. The Bertz CT molecular complexity index is 433. The van der Waals surface area contributed by atoms with Gasteiger partial charge in [0.15, 0.2) is 0 Å². The summed E-state index contributed by atoms with van der Waals surface area (Å²) in [4.78, 5) is 1.77. The quantitative estimate of drug-likeness (QED) is 0.794. The van der Waals surface area contributed by atoms with Crippen LogP contribution in [0.15, 0.2) is 18.2 Å². The number of nitrogens with one attached hydrogen (secondary N) is 1. The number of benzene rings is 1. The van der Waals surface area contributed by atoms with Gasteiger partial charge in [0.1, 0.15) is 5.75 Å². The van der Waals surface area contributed by atoms with Gasteiger partial charge in [0.25, 0.3) is 0 Å². The summed E-state index contributed by atoms with van der Waals surface area (Å²) in [5.74, 6) is 2.54. The Morgan fingerprint density at radius 3 is 2.57 bits per heavy atom. The molecule has 0 saturated carbocycles. The lowest BCUT2D eigenvalue weighted by molar-refractivity contribution is -0.906. The third kappa shape index (κ3) is 5.35. The highest BCUT2D eigenvalue weighted by atomic mass is 16.5. The van der Waals surface area contributed by atoms with Gasteiger partial charge in [-0.3, -0.25) is 0 Å². The first kappa shape index (κ1) is 16.4. The van der Waals surface area contributed by atoms with Crippen LogP contribution in [0.25, 0.3) is 0 Å². The van der Waals surface area contributed by atoms with Crippen LogP contribution in [0.1, 0.15) is 57.1 Å². The minimum atomic E-state index is 0.562. The van der Waals surface area contributed by atoms with Crippen molar-refractivity contribution in [3.8, 4) is 5.75 Å². The zero-order valence-corrected chi connectivity index (χ0v) is 14.2. The summed E-state index contributed by atoms with van der Waals surface area (Å²) in [5, 5.41) is 0. The molecule has 0 unspecified atom stereocenters. The summed E-state index contributed by atoms with van der Waals surface area (Å²) >= 11 is 0. The number of ether oxygens (including phenoxy) is 1. The maximum atomic E-state index is 5.98. The van der Waals surface area contributed by atoms with Crippen LogP contribution in [-0.4, -0.2) is 26.2 Å². The molecule has 0 aliphatic carbocycles. The molecule has 1 heterocycles. The lowest BCUT2D eigenvalue weighted by Crippen LogP contribution is -3.13. The molecule has 1 aromatic rings. The van der Waals surface area contributed by atoms with Gasteiger partial charge in [0.05, 0.1) is 26.2 Å². The lowest BCUT2D eigenvalue weighted by atomic mass is 9.99. The van der Waals surface area contributed by atoms with Gasteiger partial charge in [0.2, 0.25) is 0 Å². The smallest absolute Gasteiger partial charge is 0.119 e. The van der Waals surface area contributed by atoms with Crippen molar-refractivity contribution in [2.45, 2.75) is 52.9 Å². The third-order valence-corrected chi connectivity index (χ3v) is 4.66. The standard InChI is InChI=1S/C19H31NO/c1-15(2)18-12-17(4)13-19(14-18)21-11-5-8-20-9-6-16(3)7-10-20/h12-16H,5-11H2,1-4H3/p+1. The fourth-order valence-electron chi connectivity index (χ4n) is 3.13. The minimum absolute atomic E-state index is 0.562. The molecule has 1 N–H and O–H groups in total. The molecule has 0 bridgehead atoms. The maximum absolute atomic E-state index is 5.98. The molecule has 2 heteroatoms. The van der Waals surface area contributed by atoms with Crippen molar-refractivity contribution < 1.29 is 9.64 Å². The fourth-order valence-corrected chi connectivity index (χ4v) is 3.13. The highest BCUT2D eigenvalue weighted by Gasteiger charge is 2.18. The first-order valence-electron chi connectivity index (χ1n) is 8.62. The van der Waals surface area contributed by atoms with Gasteiger partial charge in [0, 0.05) is 6.42 Å². The van der Waals surface area contributed by atoms with Crippen LogP contribution < -0.4 is 9.64 Å². The average Bonchev–Trinajstić information content (AvgIpc) is 2.45. The second-order valence-corrected chi connectivity index (χ2v) is 7.12. The molecule has 118 valence electrons. The zero-order chi connectivity index (χ0) is 15.2. The number of hydrogen-bond donors (Lipinski definition) is 1. The molecular weight excluding hydrogens is 258 g/mol. The van der Waals surface area contributed by atoms with Gasteiger partial charge in [-0.05, 0) is 54.9 Å². The van der Waals surface area contributed by atoms with Gasteiger partial charge < -0.3 is 9.64 Å². The van der Waals surface area contributed by atoms with E-state index in [1.165, 1.54) is 43.6 Å². The fraction of sp³-hybridized carbons (Fsp3) is 0.684. The van der Waals surface area contributed by atoms with Crippen molar-refractivity contribution in [2.75, 3.05) is 26.2 Å². The summed E-state index contributed by atoms with van der Waals surface area (Å²) in [5.41, 5.74) is 2.67. The van der Waals surface area contributed by atoms with Gasteiger partial charge >= 0.3 is 0 Å². The summed E-state index contributed by atoms with van der Waals surface area (Å²) in [6.45, 7) is 13.8. The van der Waals surface area contributed by atoms with Gasteiger partial charge in [-0.2, -0.15) is 0 Å². The third-order valence-electron chi connectivity index (χ3n) is 4.66. The van der Waals surface area contributed by atoms with Gasteiger partial charge in [-0.15, -0.1) is 0 Å². The molecule has 0 spiro atoms. The van der Waals surface area contributed by atoms with E-state index in [1.54, 1.807) is 4.90 Å². The van der Waals surface area contributed by atoms with Crippen LogP contribution >= 0.6 is 0 Å². The predicted molar refractivity (Wildman–Crippen MR) is 89.3 cm³/mol. The van der Waals surface area contributed by atoms with E-state index in [9.17, 15) is 0 Å². The van der Waals surface area contributed by atoms with Crippen molar-refractivity contribution >= 4 is 0 Å². The molecule has 21 heavy (non-hydrogen) atoms. The Morgan fingerprint density at radius 1 is 1.19 bits per heavy atom. The number of piperidine rings is 1. The van der Waals surface area contributed by atoms with E-state index in [1.807, 2.05) is 0 Å².